The topological polar surface area (TPSA) is 38.0 Å². The van der Waals surface area contributed by atoms with Crippen LogP contribution in [0.4, 0.5) is 4.39 Å². The lowest BCUT2D eigenvalue weighted by Crippen LogP contribution is -2.29. The van der Waals surface area contributed by atoms with Gasteiger partial charge in [0.25, 0.3) is 0 Å². The van der Waals surface area contributed by atoms with Gasteiger partial charge >= 0.3 is 0 Å². The Hall–Kier alpha value is -1.13. The van der Waals surface area contributed by atoms with Crippen molar-refractivity contribution in [1.29, 1.82) is 0 Å². The summed E-state index contributed by atoms with van der Waals surface area (Å²) in [5.41, 5.74) is 4.40. The average molecular weight is 299 g/mol. The van der Waals surface area contributed by atoms with E-state index < -0.39 is 6.04 Å². The zero-order valence-corrected chi connectivity index (χ0v) is 11.8. The molecule has 3 N–H and O–H groups in total. The Morgan fingerprint density at radius 1 is 1.16 bits per heavy atom. The van der Waals surface area contributed by atoms with Gasteiger partial charge in [0.05, 0.1) is 16.1 Å². The van der Waals surface area contributed by atoms with E-state index in [2.05, 4.69) is 5.43 Å². The molecule has 0 bridgehead atoms. The maximum atomic E-state index is 14.1. The predicted octanol–water partition coefficient (Wildman–Crippen LogP) is 3.99. The normalized spacial score (nSPS) is 12.5. The molecular weight excluding hydrogens is 286 g/mol. The molecule has 2 nitrogen and oxygen atoms in total. The zero-order valence-electron chi connectivity index (χ0n) is 10.3. The first-order chi connectivity index (χ1) is 9.04. The van der Waals surface area contributed by atoms with Gasteiger partial charge in [-0.05, 0) is 30.2 Å². The van der Waals surface area contributed by atoms with Crippen molar-refractivity contribution in [3.8, 4) is 0 Å². The SMILES string of the molecule is Cc1cccc(C(NN)c2ccc(Cl)c(Cl)c2)c1F. The number of nitrogens with one attached hydrogen (secondary N) is 1. The molecule has 1 unspecified atom stereocenters. The molecule has 0 saturated carbocycles. The molecule has 2 aromatic rings. The third-order valence-electron chi connectivity index (χ3n) is 2.98. The first-order valence-corrected chi connectivity index (χ1v) is 6.46. The average Bonchev–Trinajstić information content (AvgIpc) is 2.39. The van der Waals surface area contributed by atoms with Crippen molar-refractivity contribution in [3.63, 3.8) is 0 Å². The number of hydrogen-bond donors (Lipinski definition) is 2. The Labute approximate surface area is 121 Å². The van der Waals surface area contributed by atoms with Gasteiger partial charge in [-0.15, -0.1) is 0 Å². The summed E-state index contributed by atoms with van der Waals surface area (Å²) in [5.74, 6) is 5.27. The van der Waals surface area contributed by atoms with E-state index in [1.54, 1.807) is 43.3 Å². The van der Waals surface area contributed by atoms with Gasteiger partial charge < -0.3 is 0 Å². The zero-order chi connectivity index (χ0) is 14.0. The molecule has 0 saturated heterocycles. The minimum absolute atomic E-state index is 0.281. The quantitative estimate of drug-likeness (QED) is 0.664. The highest BCUT2D eigenvalue weighted by Gasteiger charge is 2.18. The molecule has 0 aliphatic carbocycles. The van der Waals surface area contributed by atoms with Gasteiger partial charge in [-0.3, -0.25) is 5.84 Å². The number of rotatable bonds is 3. The van der Waals surface area contributed by atoms with Crippen LogP contribution < -0.4 is 11.3 Å². The highest BCUT2D eigenvalue weighted by Crippen LogP contribution is 2.30. The van der Waals surface area contributed by atoms with Crippen molar-refractivity contribution in [2.45, 2.75) is 13.0 Å². The second-order valence-electron chi connectivity index (χ2n) is 4.25. The van der Waals surface area contributed by atoms with Crippen LogP contribution in [0.25, 0.3) is 0 Å². The summed E-state index contributed by atoms with van der Waals surface area (Å²) in [6, 6.07) is 9.81. The number of hydrazine groups is 1. The van der Waals surface area contributed by atoms with Crippen LogP contribution in [-0.2, 0) is 0 Å². The molecule has 0 aliphatic heterocycles. The molecule has 0 radical (unpaired) electrons. The van der Waals surface area contributed by atoms with Crippen LogP contribution in [0.2, 0.25) is 10.0 Å². The monoisotopic (exact) mass is 298 g/mol. The van der Waals surface area contributed by atoms with E-state index in [4.69, 9.17) is 29.0 Å². The summed E-state index contributed by atoms with van der Waals surface area (Å²) in [6.07, 6.45) is 0. The third kappa shape index (κ3) is 2.90. The molecule has 100 valence electrons. The second kappa shape index (κ2) is 5.88. The van der Waals surface area contributed by atoms with Crippen LogP contribution in [0.5, 0.6) is 0 Å². The first kappa shape index (κ1) is 14.3. The molecule has 0 spiro atoms. The highest BCUT2D eigenvalue weighted by atomic mass is 35.5. The number of halogens is 3. The number of hydrogen-bond acceptors (Lipinski definition) is 2. The van der Waals surface area contributed by atoms with Crippen molar-refractivity contribution in [1.82, 2.24) is 5.43 Å². The van der Waals surface area contributed by atoms with E-state index in [1.807, 2.05) is 0 Å². The minimum Gasteiger partial charge on any atom is -0.271 e. The summed E-state index contributed by atoms with van der Waals surface area (Å²) in [5, 5.41) is 0.860. The van der Waals surface area contributed by atoms with Crippen LogP contribution in [0.1, 0.15) is 22.7 Å². The summed E-state index contributed by atoms with van der Waals surface area (Å²) < 4.78 is 14.1. The van der Waals surface area contributed by atoms with Crippen LogP contribution in [0.3, 0.4) is 0 Å². The van der Waals surface area contributed by atoms with Gasteiger partial charge in [0.2, 0.25) is 0 Å². The minimum atomic E-state index is -0.477. The van der Waals surface area contributed by atoms with Crippen molar-refractivity contribution in [3.05, 3.63) is 69.0 Å². The van der Waals surface area contributed by atoms with Crippen molar-refractivity contribution < 1.29 is 4.39 Å². The maximum Gasteiger partial charge on any atom is 0.131 e. The van der Waals surface area contributed by atoms with Crippen LogP contribution in [0, 0.1) is 12.7 Å². The molecule has 19 heavy (non-hydrogen) atoms. The van der Waals surface area contributed by atoms with Crippen LogP contribution in [0.15, 0.2) is 36.4 Å². The maximum absolute atomic E-state index is 14.1. The van der Waals surface area contributed by atoms with Gasteiger partial charge in [0.1, 0.15) is 5.82 Å². The summed E-state index contributed by atoms with van der Waals surface area (Å²) in [6.45, 7) is 1.71. The first-order valence-electron chi connectivity index (χ1n) is 5.70. The Kier molecular flexibility index (Phi) is 4.42. The molecule has 0 aliphatic rings. The number of aryl methyl sites for hydroxylation is 1. The lowest BCUT2D eigenvalue weighted by atomic mass is 9.97. The largest absolute Gasteiger partial charge is 0.271 e. The summed E-state index contributed by atoms with van der Waals surface area (Å²) in [7, 11) is 0. The van der Waals surface area contributed by atoms with Gasteiger partial charge in [-0.25, -0.2) is 9.82 Å². The summed E-state index contributed by atoms with van der Waals surface area (Å²) >= 11 is 11.9. The smallest absolute Gasteiger partial charge is 0.131 e. The van der Waals surface area contributed by atoms with E-state index in [0.29, 0.717) is 21.2 Å². The lowest BCUT2D eigenvalue weighted by molar-refractivity contribution is 0.554. The Morgan fingerprint density at radius 2 is 1.89 bits per heavy atom. The van der Waals surface area contributed by atoms with Gasteiger partial charge in [0.15, 0.2) is 0 Å². The van der Waals surface area contributed by atoms with E-state index in [9.17, 15) is 4.39 Å². The summed E-state index contributed by atoms with van der Waals surface area (Å²) in [4.78, 5) is 0. The van der Waals surface area contributed by atoms with Crippen LogP contribution >= 0.6 is 23.2 Å². The Bertz CT molecular complexity index is 602. The molecule has 2 rings (SSSR count). The highest BCUT2D eigenvalue weighted by molar-refractivity contribution is 6.42. The van der Waals surface area contributed by atoms with Crippen LogP contribution in [-0.4, -0.2) is 0 Å². The van der Waals surface area contributed by atoms with E-state index in [0.717, 1.165) is 5.56 Å². The van der Waals surface area contributed by atoms with E-state index in [1.165, 1.54) is 0 Å². The third-order valence-corrected chi connectivity index (χ3v) is 3.72. The predicted molar refractivity (Wildman–Crippen MR) is 76.8 cm³/mol. The molecule has 5 heteroatoms. The van der Waals surface area contributed by atoms with Gasteiger partial charge in [-0.2, -0.15) is 0 Å². The number of nitrogens with two attached hydrogens (primary N) is 1. The van der Waals surface area contributed by atoms with Crippen molar-refractivity contribution in [2.24, 2.45) is 5.84 Å². The standard InChI is InChI=1S/C14H13Cl2FN2/c1-8-3-2-4-10(13(8)17)14(19-18)9-5-6-11(15)12(16)7-9/h2-7,14,19H,18H2,1H3. The second-order valence-corrected chi connectivity index (χ2v) is 5.07. The fourth-order valence-electron chi connectivity index (χ4n) is 1.95. The molecule has 0 amide bonds. The van der Waals surface area contributed by atoms with Gasteiger partial charge in [-0.1, -0.05) is 47.5 Å². The molecule has 1 atom stereocenters. The molecule has 0 fully saturated rings. The molecular formula is C14H13Cl2FN2. The Balaban J connectivity index is 2.50. The van der Waals surface area contributed by atoms with Gasteiger partial charge in [0, 0.05) is 5.56 Å². The van der Waals surface area contributed by atoms with E-state index >= 15 is 0 Å². The fourth-order valence-corrected chi connectivity index (χ4v) is 2.26. The molecule has 2 aromatic carbocycles. The number of benzene rings is 2. The van der Waals surface area contributed by atoms with Crippen molar-refractivity contribution >= 4 is 23.2 Å². The Morgan fingerprint density at radius 3 is 2.53 bits per heavy atom. The lowest BCUT2D eigenvalue weighted by Gasteiger charge is -2.19. The van der Waals surface area contributed by atoms with Crippen molar-refractivity contribution in [2.75, 3.05) is 0 Å². The molecule has 0 aromatic heterocycles. The van der Waals surface area contributed by atoms with E-state index in [-0.39, 0.29) is 5.82 Å². The molecule has 0 heterocycles. The fraction of sp³-hybridized carbons (Fsp3) is 0.143.